The van der Waals surface area contributed by atoms with Crippen LogP contribution in [0.4, 0.5) is 0 Å². The van der Waals surface area contributed by atoms with E-state index in [2.05, 4.69) is 19.9 Å². The lowest BCUT2D eigenvalue weighted by atomic mass is 9.73. The number of rotatable bonds is 4. The third kappa shape index (κ3) is 2.82. The van der Waals surface area contributed by atoms with Crippen molar-refractivity contribution < 1.29 is 4.74 Å². The molecule has 0 aliphatic carbocycles. The normalized spacial score (nSPS) is 18.8. The summed E-state index contributed by atoms with van der Waals surface area (Å²) in [6.45, 7) is 5.64. The minimum Gasteiger partial charge on any atom is -0.379 e. The largest absolute Gasteiger partial charge is 0.379 e. The van der Waals surface area contributed by atoms with Crippen LogP contribution < -0.4 is 5.73 Å². The number of benzene rings is 1. The van der Waals surface area contributed by atoms with Gasteiger partial charge >= 0.3 is 0 Å². The first-order chi connectivity index (χ1) is 7.93. The van der Waals surface area contributed by atoms with Gasteiger partial charge in [-0.05, 0) is 38.3 Å². The molecule has 1 aliphatic rings. The molecular formula is C14H20ClNO. The Morgan fingerprint density at radius 2 is 2.00 bits per heavy atom. The quantitative estimate of drug-likeness (QED) is 0.895. The van der Waals surface area contributed by atoms with Crippen molar-refractivity contribution >= 4 is 11.6 Å². The van der Waals surface area contributed by atoms with E-state index in [0.29, 0.717) is 0 Å². The standard InChI is InChI=1S/C14H20ClNO/c1-13(2,16)7-8-14(9-17-10-14)11-5-3-4-6-12(11)15/h3-6H,7-10,16H2,1-2H3. The molecule has 0 saturated carbocycles. The summed E-state index contributed by atoms with van der Waals surface area (Å²) in [6, 6.07) is 8.06. The molecule has 2 N–H and O–H groups in total. The van der Waals surface area contributed by atoms with Crippen LogP contribution >= 0.6 is 11.6 Å². The van der Waals surface area contributed by atoms with Crippen LogP contribution in [0.2, 0.25) is 5.02 Å². The highest BCUT2D eigenvalue weighted by atomic mass is 35.5. The number of nitrogens with two attached hydrogens (primary N) is 1. The zero-order chi connectivity index (χ0) is 12.5. The van der Waals surface area contributed by atoms with Gasteiger partial charge in [-0.3, -0.25) is 0 Å². The Morgan fingerprint density at radius 3 is 2.47 bits per heavy atom. The molecule has 0 amide bonds. The second-order valence-corrected chi connectivity index (χ2v) is 6.15. The Bertz CT molecular complexity index is 393. The van der Waals surface area contributed by atoms with E-state index in [-0.39, 0.29) is 11.0 Å². The van der Waals surface area contributed by atoms with Crippen molar-refractivity contribution in [3.63, 3.8) is 0 Å². The number of ether oxygens (including phenoxy) is 1. The maximum absolute atomic E-state index is 6.28. The van der Waals surface area contributed by atoms with E-state index in [4.69, 9.17) is 22.1 Å². The van der Waals surface area contributed by atoms with Gasteiger partial charge in [-0.2, -0.15) is 0 Å². The Morgan fingerprint density at radius 1 is 1.35 bits per heavy atom. The molecule has 3 heteroatoms. The predicted molar refractivity (Wildman–Crippen MR) is 71.4 cm³/mol. The molecule has 0 bridgehead atoms. The van der Waals surface area contributed by atoms with Gasteiger partial charge in [0.1, 0.15) is 0 Å². The minimum absolute atomic E-state index is 0.0784. The zero-order valence-corrected chi connectivity index (χ0v) is 11.3. The number of hydrogen-bond acceptors (Lipinski definition) is 2. The summed E-state index contributed by atoms with van der Waals surface area (Å²) in [5, 5.41) is 0.839. The molecule has 17 heavy (non-hydrogen) atoms. The summed E-state index contributed by atoms with van der Waals surface area (Å²) in [5.74, 6) is 0. The van der Waals surface area contributed by atoms with Crippen molar-refractivity contribution in [3.8, 4) is 0 Å². The smallest absolute Gasteiger partial charge is 0.0586 e. The fraction of sp³-hybridized carbons (Fsp3) is 0.571. The van der Waals surface area contributed by atoms with Crippen LogP contribution in [-0.2, 0) is 10.2 Å². The Kier molecular flexibility index (Phi) is 3.48. The van der Waals surface area contributed by atoms with E-state index in [1.165, 1.54) is 5.56 Å². The Balaban J connectivity index is 2.18. The molecule has 1 saturated heterocycles. The highest BCUT2D eigenvalue weighted by molar-refractivity contribution is 6.31. The molecule has 0 radical (unpaired) electrons. The Hall–Kier alpha value is -0.570. The maximum atomic E-state index is 6.28. The predicted octanol–water partition coefficient (Wildman–Crippen LogP) is 3.13. The van der Waals surface area contributed by atoms with Crippen LogP contribution in [0.3, 0.4) is 0 Å². The maximum Gasteiger partial charge on any atom is 0.0586 e. The summed E-state index contributed by atoms with van der Waals surface area (Å²) in [7, 11) is 0. The van der Waals surface area contributed by atoms with E-state index in [9.17, 15) is 0 Å². The van der Waals surface area contributed by atoms with Crippen LogP contribution in [-0.4, -0.2) is 18.8 Å². The van der Waals surface area contributed by atoms with Crippen molar-refractivity contribution in [2.24, 2.45) is 5.73 Å². The molecule has 0 unspecified atom stereocenters. The van der Waals surface area contributed by atoms with Crippen molar-refractivity contribution in [2.75, 3.05) is 13.2 Å². The fourth-order valence-corrected chi connectivity index (χ4v) is 2.57. The molecule has 0 atom stereocenters. The van der Waals surface area contributed by atoms with E-state index >= 15 is 0 Å². The highest BCUT2D eigenvalue weighted by Crippen LogP contribution is 2.41. The second-order valence-electron chi connectivity index (χ2n) is 5.74. The number of halogens is 1. The van der Waals surface area contributed by atoms with E-state index < -0.39 is 0 Å². The first-order valence-electron chi connectivity index (χ1n) is 6.05. The minimum atomic E-state index is -0.135. The summed E-state index contributed by atoms with van der Waals surface area (Å²) in [6.07, 6.45) is 2.00. The lowest BCUT2D eigenvalue weighted by molar-refractivity contribution is -0.0668. The summed E-state index contributed by atoms with van der Waals surface area (Å²) >= 11 is 6.28. The fourth-order valence-electron chi connectivity index (χ4n) is 2.24. The first-order valence-corrected chi connectivity index (χ1v) is 6.42. The lowest BCUT2D eigenvalue weighted by Gasteiger charge is -2.43. The van der Waals surface area contributed by atoms with Gasteiger partial charge in [0.2, 0.25) is 0 Å². The third-order valence-corrected chi connectivity index (χ3v) is 3.78. The average molecular weight is 254 g/mol. The van der Waals surface area contributed by atoms with Gasteiger partial charge in [0.05, 0.1) is 13.2 Å². The molecule has 2 nitrogen and oxygen atoms in total. The molecule has 1 fully saturated rings. The molecular weight excluding hydrogens is 234 g/mol. The third-order valence-electron chi connectivity index (χ3n) is 3.45. The van der Waals surface area contributed by atoms with Gasteiger partial charge in [0, 0.05) is 16.0 Å². The van der Waals surface area contributed by atoms with Gasteiger partial charge in [-0.1, -0.05) is 29.8 Å². The van der Waals surface area contributed by atoms with Crippen molar-refractivity contribution in [1.82, 2.24) is 0 Å². The van der Waals surface area contributed by atoms with Gasteiger partial charge < -0.3 is 10.5 Å². The van der Waals surface area contributed by atoms with Gasteiger partial charge in [-0.15, -0.1) is 0 Å². The molecule has 94 valence electrons. The highest BCUT2D eigenvalue weighted by Gasteiger charge is 2.41. The Labute approximate surface area is 108 Å². The van der Waals surface area contributed by atoms with Gasteiger partial charge in [-0.25, -0.2) is 0 Å². The topological polar surface area (TPSA) is 35.2 Å². The van der Waals surface area contributed by atoms with Gasteiger partial charge in [0.15, 0.2) is 0 Å². The van der Waals surface area contributed by atoms with E-state index in [1.54, 1.807) is 0 Å². The summed E-state index contributed by atoms with van der Waals surface area (Å²) in [5.41, 5.74) is 7.21. The molecule has 2 rings (SSSR count). The van der Waals surface area contributed by atoms with E-state index in [0.717, 1.165) is 31.1 Å². The molecule has 1 aromatic carbocycles. The lowest BCUT2D eigenvalue weighted by Crippen LogP contribution is -2.48. The summed E-state index contributed by atoms with van der Waals surface area (Å²) in [4.78, 5) is 0. The zero-order valence-electron chi connectivity index (χ0n) is 10.5. The first kappa shape index (κ1) is 12.9. The van der Waals surface area contributed by atoms with Crippen molar-refractivity contribution in [1.29, 1.82) is 0 Å². The van der Waals surface area contributed by atoms with E-state index in [1.807, 2.05) is 18.2 Å². The van der Waals surface area contributed by atoms with Crippen molar-refractivity contribution in [2.45, 2.75) is 37.6 Å². The average Bonchev–Trinajstić information content (AvgIpc) is 2.17. The molecule has 1 aliphatic heterocycles. The molecule has 1 heterocycles. The van der Waals surface area contributed by atoms with Crippen LogP contribution in [0, 0.1) is 0 Å². The molecule has 0 aromatic heterocycles. The SMILES string of the molecule is CC(C)(N)CCC1(c2ccccc2Cl)COC1. The summed E-state index contributed by atoms with van der Waals surface area (Å²) < 4.78 is 5.41. The molecule has 0 spiro atoms. The van der Waals surface area contributed by atoms with Crippen LogP contribution in [0.1, 0.15) is 32.3 Å². The second kappa shape index (κ2) is 4.60. The van der Waals surface area contributed by atoms with Crippen molar-refractivity contribution in [3.05, 3.63) is 34.9 Å². The number of hydrogen-bond donors (Lipinski definition) is 1. The monoisotopic (exact) mass is 253 g/mol. The van der Waals surface area contributed by atoms with Gasteiger partial charge in [0.25, 0.3) is 0 Å². The van der Waals surface area contributed by atoms with Crippen LogP contribution in [0.25, 0.3) is 0 Å². The van der Waals surface area contributed by atoms with Crippen LogP contribution in [0.15, 0.2) is 24.3 Å². The molecule has 1 aromatic rings. The van der Waals surface area contributed by atoms with Crippen LogP contribution in [0.5, 0.6) is 0 Å².